The molecule has 1 aromatic carbocycles. The van der Waals surface area contributed by atoms with Gasteiger partial charge in [0.2, 0.25) is 0 Å². The minimum atomic E-state index is -0.662. The van der Waals surface area contributed by atoms with Crippen LogP contribution in [0.3, 0.4) is 0 Å². The van der Waals surface area contributed by atoms with Crippen LogP contribution in [-0.2, 0) is 17.8 Å². The Labute approximate surface area is 127 Å². The molecular weight excluding hydrogens is 262 g/mol. The molecule has 0 radical (unpaired) electrons. The Morgan fingerprint density at radius 2 is 2.14 bits per heavy atom. The summed E-state index contributed by atoms with van der Waals surface area (Å²) in [6.45, 7) is 4.34. The molecule has 3 aliphatic rings. The van der Waals surface area contributed by atoms with Gasteiger partial charge in [-0.2, -0.15) is 0 Å². The van der Waals surface area contributed by atoms with Gasteiger partial charge in [-0.1, -0.05) is 37.6 Å². The van der Waals surface area contributed by atoms with E-state index in [1.807, 2.05) is 0 Å². The van der Waals surface area contributed by atoms with E-state index in [-0.39, 0.29) is 5.54 Å². The SMILES string of the molecule is CCCc1cccc(CN2CC3CC2(CCC(=O)O)C3)c1. The fraction of sp³-hybridized carbons (Fsp3) is 0.611. The molecule has 1 aliphatic carbocycles. The average Bonchev–Trinajstić information content (AvgIpc) is 2.91. The van der Waals surface area contributed by atoms with Crippen LogP contribution in [0, 0.1) is 5.92 Å². The maximum atomic E-state index is 10.9. The van der Waals surface area contributed by atoms with E-state index in [0.29, 0.717) is 6.42 Å². The third-order valence-electron chi connectivity index (χ3n) is 5.19. The second-order valence-electron chi connectivity index (χ2n) is 6.84. The van der Waals surface area contributed by atoms with E-state index in [4.69, 9.17) is 5.11 Å². The van der Waals surface area contributed by atoms with Gasteiger partial charge in [-0.15, -0.1) is 0 Å². The second-order valence-corrected chi connectivity index (χ2v) is 6.84. The van der Waals surface area contributed by atoms with E-state index in [2.05, 4.69) is 36.1 Å². The van der Waals surface area contributed by atoms with Crippen molar-refractivity contribution in [3.63, 3.8) is 0 Å². The summed E-state index contributed by atoms with van der Waals surface area (Å²) in [5.41, 5.74) is 2.98. The van der Waals surface area contributed by atoms with Crippen molar-refractivity contribution >= 4 is 5.97 Å². The van der Waals surface area contributed by atoms with Crippen molar-refractivity contribution in [2.75, 3.05) is 6.54 Å². The molecule has 1 N–H and O–H groups in total. The van der Waals surface area contributed by atoms with Gasteiger partial charge in [-0.25, -0.2) is 0 Å². The first-order valence-corrected chi connectivity index (χ1v) is 8.16. The van der Waals surface area contributed by atoms with Gasteiger partial charge < -0.3 is 5.11 Å². The second kappa shape index (κ2) is 5.80. The van der Waals surface area contributed by atoms with Crippen molar-refractivity contribution < 1.29 is 9.90 Å². The molecule has 2 aliphatic heterocycles. The molecule has 2 heterocycles. The van der Waals surface area contributed by atoms with E-state index in [9.17, 15) is 4.79 Å². The van der Waals surface area contributed by atoms with E-state index in [1.54, 1.807) is 0 Å². The van der Waals surface area contributed by atoms with Gasteiger partial charge in [0.1, 0.15) is 0 Å². The molecule has 114 valence electrons. The van der Waals surface area contributed by atoms with Gasteiger partial charge in [0.05, 0.1) is 0 Å². The highest BCUT2D eigenvalue weighted by Crippen LogP contribution is 2.53. The molecular formula is C18H25NO2. The lowest BCUT2D eigenvalue weighted by molar-refractivity contribution is -0.138. The van der Waals surface area contributed by atoms with E-state index < -0.39 is 5.97 Å². The van der Waals surface area contributed by atoms with Crippen molar-refractivity contribution in [3.8, 4) is 0 Å². The first-order valence-electron chi connectivity index (χ1n) is 8.16. The number of nitrogens with zero attached hydrogens (tertiary/aromatic N) is 1. The Hall–Kier alpha value is -1.35. The third-order valence-corrected chi connectivity index (χ3v) is 5.19. The molecule has 1 aromatic rings. The lowest BCUT2D eigenvalue weighted by Crippen LogP contribution is -2.45. The zero-order chi connectivity index (χ0) is 14.9. The van der Waals surface area contributed by atoms with Gasteiger partial charge >= 0.3 is 5.97 Å². The summed E-state index contributed by atoms with van der Waals surface area (Å²) in [7, 11) is 0. The van der Waals surface area contributed by atoms with Crippen molar-refractivity contribution in [1.29, 1.82) is 0 Å². The van der Waals surface area contributed by atoms with Crippen molar-refractivity contribution in [2.45, 2.75) is 57.5 Å². The minimum Gasteiger partial charge on any atom is -0.481 e. The molecule has 0 spiro atoms. The summed E-state index contributed by atoms with van der Waals surface area (Å²) in [5.74, 6) is 0.141. The molecule has 3 heteroatoms. The quantitative estimate of drug-likeness (QED) is 0.835. The highest BCUT2D eigenvalue weighted by atomic mass is 16.4. The Balaban J connectivity index is 1.66. The van der Waals surface area contributed by atoms with Crippen molar-refractivity contribution in [2.24, 2.45) is 5.92 Å². The summed E-state index contributed by atoms with van der Waals surface area (Å²) >= 11 is 0. The van der Waals surface area contributed by atoms with E-state index in [0.717, 1.165) is 31.8 Å². The number of hydrogen-bond donors (Lipinski definition) is 1. The van der Waals surface area contributed by atoms with Crippen LogP contribution in [0.4, 0.5) is 0 Å². The summed E-state index contributed by atoms with van der Waals surface area (Å²) < 4.78 is 0. The average molecular weight is 287 g/mol. The molecule has 0 atom stereocenters. The van der Waals surface area contributed by atoms with Crippen LogP contribution < -0.4 is 0 Å². The topological polar surface area (TPSA) is 40.5 Å². The van der Waals surface area contributed by atoms with Crippen LogP contribution in [0.15, 0.2) is 24.3 Å². The molecule has 2 saturated heterocycles. The molecule has 21 heavy (non-hydrogen) atoms. The zero-order valence-corrected chi connectivity index (χ0v) is 12.8. The maximum absolute atomic E-state index is 10.9. The highest BCUT2D eigenvalue weighted by Gasteiger charge is 2.55. The predicted octanol–water partition coefficient (Wildman–Crippen LogP) is 3.47. The molecule has 0 amide bonds. The number of hydrogen-bond acceptors (Lipinski definition) is 2. The van der Waals surface area contributed by atoms with Crippen molar-refractivity contribution in [1.82, 2.24) is 4.90 Å². The summed E-state index contributed by atoms with van der Waals surface area (Å²) in [6.07, 6.45) is 5.84. The molecule has 1 saturated carbocycles. The van der Waals surface area contributed by atoms with Crippen LogP contribution in [0.25, 0.3) is 0 Å². The fourth-order valence-electron chi connectivity index (χ4n) is 4.23. The largest absolute Gasteiger partial charge is 0.481 e. The molecule has 3 fully saturated rings. The van der Waals surface area contributed by atoms with Crippen LogP contribution in [0.2, 0.25) is 0 Å². The van der Waals surface area contributed by atoms with Crippen LogP contribution >= 0.6 is 0 Å². The first-order chi connectivity index (χ1) is 10.1. The normalized spacial score (nSPS) is 27.6. The zero-order valence-electron chi connectivity index (χ0n) is 12.8. The van der Waals surface area contributed by atoms with Crippen molar-refractivity contribution in [3.05, 3.63) is 35.4 Å². The first kappa shape index (κ1) is 14.6. The van der Waals surface area contributed by atoms with Gasteiger partial charge in [0.15, 0.2) is 0 Å². The lowest BCUT2D eigenvalue weighted by atomic mass is 9.70. The summed E-state index contributed by atoms with van der Waals surface area (Å²) in [5, 5.41) is 8.96. The predicted molar refractivity (Wildman–Crippen MR) is 83.2 cm³/mol. The number of rotatable bonds is 7. The number of aryl methyl sites for hydroxylation is 1. The van der Waals surface area contributed by atoms with Gasteiger partial charge in [-0.3, -0.25) is 9.69 Å². The van der Waals surface area contributed by atoms with Crippen LogP contribution in [0.5, 0.6) is 0 Å². The number of carbonyl (C=O) groups is 1. The summed E-state index contributed by atoms with van der Waals surface area (Å²) in [4.78, 5) is 13.4. The Kier molecular flexibility index (Phi) is 4.03. The number of aliphatic carboxylic acids is 1. The molecule has 2 bridgehead atoms. The van der Waals surface area contributed by atoms with Gasteiger partial charge in [0.25, 0.3) is 0 Å². The molecule has 4 rings (SSSR count). The van der Waals surface area contributed by atoms with Gasteiger partial charge in [0, 0.05) is 25.0 Å². The maximum Gasteiger partial charge on any atom is 0.303 e. The monoisotopic (exact) mass is 287 g/mol. The molecule has 3 nitrogen and oxygen atoms in total. The molecule has 0 unspecified atom stereocenters. The number of carboxylic acid groups (broad SMARTS) is 1. The van der Waals surface area contributed by atoms with Crippen LogP contribution in [0.1, 0.15) is 50.2 Å². The minimum absolute atomic E-state index is 0.184. The standard InChI is InChI=1S/C18H25NO2/c1-2-4-14-5-3-6-15(9-14)12-19-13-16-10-18(19,11-16)8-7-17(20)21/h3,5-6,9,16H,2,4,7-8,10-13H2,1H3,(H,20,21). The van der Waals surface area contributed by atoms with Gasteiger partial charge in [-0.05, 0) is 42.7 Å². The Morgan fingerprint density at radius 3 is 2.86 bits per heavy atom. The lowest BCUT2D eigenvalue weighted by Gasteiger charge is -2.42. The summed E-state index contributed by atoms with van der Waals surface area (Å²) in [6, 6.07) is 8.89. The fourth-order valence-corrected chi connectivity index (χ4v) is 4.23. The number of carboxylic acids is 1. The Morgan fingerprint density at radius 1 is 1.38 bits per heavy atom. The smallest absolute Gasteiger partial charge is 0.303 e. The number of benzene rings is 1. The Bertz CT molecular complexity index is 520. The highest BCUT2D eigenvalue weighted by molar-refractivity contribution is 5.66. The third kappa shape index (κ3) is 2.98. The number of fused-ring (bicyclic) bond motifs is 1. The van der Waals surface area contributed by atoms with Crippen LogP contribution in [-0.4, -0.2) is 28.1 Å². The van der Waals surface area contributed by atoms with E-state index in [1.165, 1.54) is 30.4 Å². The molecule has 0 aromatic heterocycles. The van der Waals surface area contributed by atoms with E-state index >= 15 is 0 Å².